The van der Waals surface area contributed by atoms with Crippen molar-refractivity contribution in [3.8, 4) is 44.5 Å². The Morgan fingerprint density at radius 1 is 0.239 bits per heavy atom. The summed E-state index contributed by atoms with van der Waals surface area (Å²) in [7, 11) is 0. The fourth-order valence-corrected chi connectivity index (χ4v) is 9.01. The minimum absolute atomic E-state index is 1.12. The molecule has 0 radical (unpaired) electrons. The van der Waals surface area contributed by atoms with Crippen molar-refractivity contribution in [1.82, 2.24) is 0 Å². The smallest absolute Gasteiger partial charge is 0.0339 e. The second-order valence-corrected chi connectivity index (χ2v) is 13.4. The van der Waals surface area contributed by atoms with Gasteiger partial charge in [-0.25, -0.2) is 0 Å². The number of benzene rings is 9. The first-order valence-corrected chi connectivity index (χ1v) is 17.1. The fourth-order valence-electron chi connectivity index (χ4n) is 7.49. The van der Waals surface area contributed by atoms with Crippen LogP contribution >= 0.6 is 31.9 Å². The van der Waals surface area contributed by atoms with Gasteiger partial charge < -0.3 is 0 Å². The van der Waals surface area contributed by atoms with Gasteiger partial charge in [0.15, 0.2) is 0 Å². The molecule has 0 aliphatic rings. The van der Waals surface area contributed by atoms with Crippen LogP contribution in [0.15, 0.2) is 167 Å². The summed E-state index contributed by atoms with van der Waals surface area (Å²) >= 11 is 8.37. The molecule has 0 aliphatic heterocycles. The highest BCUT2D eigenvalue weighted by Crippen LogP contribution is 2.55. The van der Waals surface area contributed by atoms with Crippen molar-refractivity contribution in [3.05, 3.63) is 167 Å². The SMILES string of the molecule is Brc1c(-c2ccccc2)c(-c2ccccc2)c2c3cccc4c(Br)c(-c5ccccc5)c(-c5ccccc5)c(c5cccc1c52)c43. The Hall–Kier alpha value is -4.76. The zero-order chi connectivity index (χ0) is 30.8. The van der Waals surface area contributed by atoms with Gasteiger partial charge in [0.05, 0.1) is 0 Å². The maximum atomic E-state index is 4.18. The summed E-state index contributed by atoms with van der Waals surface area (Å²) in [6.07, 6.45) is 0. The van der Waals surface area contributed by atoms with Crippen LogP contribution in [-0.2, 0) is 0 Å². The van der Waals surface area contributed by atoms with Gasteiger partial charge in [-0.05, 0) is 108 Å². The molecule has 0 bridgehead atoms. The molecule has 0 aromatic heterocycles. The van der Waals surface area contributed by atoms with Crippen LogP contribution in [0.4, 0.5) is 0 Å². The van der Waals surface area contributed by atoms with E-state index in [-0.39, 0.29) is 0 Å². The zero-order valence-electron chi connectivity index (χ0n) is 24.8. The van der Waals surface area contributed by atoms with Crippen molar-refractivity contribution in [2.24, 2.45) is 0 Å². The van der Waals surface area contributed by atoms with Gasteiger partial charge in [0.1, 0.15) is 0 Å². The Kier molecular flexibility index (Phi) is 6.55. The standard InChI is InChI=1S/C44H26Br2/c45-43-33-25-14-24-32-39(33)41(35(27-15-5-1-6-16-27)37(43)29-19-9-3-10-20-29)31-23-13-26-34-40(31)42(32)36(28-17-7-2-8-18-28)38(44(34)46)30-21-11-4-12-22-30/h1-26H. The van der Waals surface area contributed by atoms with E-state index in [1.807, 2.05) is 0 Å². The van der Waals surface area contributed by atoms with Crippen molar-refractivity contribution in [1.29, 1.82) is 0 Å². The Morgan fingerprint density at radius 2 is 0.522 bits per heavy atom. The zero-order valence-corrected chi connectivity index (χ0v) is 27.9. The van der Waals surface area contributed by atoms with Gasteiger partial charge in [0.2, 0.25) is 0 Å². The molecule has 0 heterocycles. The van der Waals surface area contributed by atoms with Gasteiger partial charge in [-0.3, -0.25) is 0 Å². The molecule has 216 valence electrons. The van der Waals surface area contributed by atoms with Gasteiger partial charge in [-0.1, -0.05) is 158 Å². The lowest BCUT2D eigenvalue weighted by molar-refractivity contribution is 1.60. The summed E-state index contributed by atoms with van der Waals surface area (Å²) in [4.78, 5) is 0. The van der Waals surface area contributed by atoms with Crippen molar-refractivity contribution < 1.29 is 0 Å². The lowest BCUT2D eigenvalue weighted by Crippen LogP contribution is -1.98. The molecule has 0 nitrogen and oxygen atoms in total. The summed E-state index contributed by atoms with van der Waals surface area (Å²) in [6, 6.07) is 57.0. The fraction of sp³-hybridized carbons (Fsp3) is 0. The van der Waals surface area contributed by atoms with Crippen LogP contribution < -0.4 is 0 Å². The Morgan fingerprint density at radius 3 is 0.848 bits per heavy atom. The molecular weight excluding hydrogens is 688 g/mol. The summed E-state index contributed by atoms with van der Waals surface area (Å²) in [5, 5.41) is 10.1. The molecule has 0 aliphatic carbocycles. The van der Waals surface area contributed by atoms with Crippen LogP contribution in [0.5, 0.6) is 0 Å². The molecule has 0 N–H and O–H groups in total. The average Bonchev–Trinajstić information content (AvgIpc) is 3.12. The van der Waals surface area contributed by atoms with Crippen LogP contribution in [-0.4, -0.2) is 0 Å². The topological polar surface area (TPSA) is 0 Å². The molecule has 2 heteroatoms. The average molecular weight is 714 g/mol. The third-order valence-electron chi connectivity index (χ3n) is 9.33. The third-order valence-corrected chi connectivity index (χ3v) is 11.0. The Bertz CT molecular complexity index is 2370. The number of rotatable bonds is 4. The molecule has 0 unspecified atom stereocenters. The van der Waals surface area contributed by atoms with E-state index in [9.17, 15) is 0 Å². The number of halogens is 2. The molecule has 0 fully saturated rings. The molecule has 0 atom stereocenters. The highest BCUT2D eigenvalue weighted by atomic mass is 79.9. The quantitative estimate of drug-likeness (QED) is 0.126. The predicted octanol–water partition coefficient (Wildman–Crippen LogP) is 13.9. The van der Waals surface area contributed by atoms with Crippen molar-refractivity contribution >= 4 is 74.9 Å². The minimum Gasteiger partial charge on any atom is -0.0622 e. The van der Waals surface area contributed by atoms with Crippen LogP contribution in [0.1, 0.15) is 0 Å². The van der Waals surface area contributed by atoms with Crippen LogP contribution in [0.3, 0.4) is 0 Å². The van der Waals surface area contributed by atoms with Crippen LogP contribution in [0.2, 0.25) is 0 Å². The summed E-state index contributed by atoms with van der Waals surface area (Å²) in [6.45, 7) is 0. The van der Waals surface area contributed by atoms with Crippen LogP contribution in [0.25, 0.3) is 87.6 Å². The number of fused-ring (bicyclic) bond motifs is 2. The molecule has 0 amide bonds. The summed E-state index contributed by atoms with van der Waals surface area (Å²) in [5.41, 5.74) is 9.74. The predicted molar refractivity (Wildman–Crippen MR) is 205 cm³/mol. The molecule has 9 aromatic carbocycles. The monoisotopic (exact) mass is 712 g/mol. The van der Waals surface area contributed by atoms with Gasteiger partial charge in [-0.15, -0.1) is 0 Å². The van der Waals surface area contributed by atoms with E-state index < -0.39 is 0 Å². The van der Waals surface area contributed by atoms with E-state index >= 15 is 0 Å². The highest BCUT2D eigenvalue weighted by Gasteiger charge is 2.27. The van der Waals surface area contributed by atoms with E-state index in [2.05, 4.69) is 190 Å². The lowest BCUT2D eigenvalue weighted by atomic mass is 9.79. The highest BCUT2D eigenvalue weighted by molar-refractivity contribution is 9.11. The van der Waals surface area contributed by atoms with E-state index in [1.54, 1.807) is 0 Å². The van der Waals surface area contributed by atoms with E-state index in [1.165, 1.54) is 87.6 Å². The van der Waals surface area contributed by atoms with E-state index in [0.717, 1.165) is 8.95 Å². The van der Waals surface area contributed by atoms with E-state index in [4.69, 9.17) is 0 Å². The van der Waals surface area contributed by atoms with Gasteiger partial charge >= 0.3 is 0 Å². The number of hydrogen-bond donors (Lipinski definition) is 0. The third kappa shape index (κ3) is 4.04. The van der Waals surface area contributed by atoms with Crippen LogP contribution in [0, 0.1) is 0 Å². The van der Waals surface area contributed by atoms with Gasteiger partial charge in [-0.2, -0.15) is 0 Å². The normalized spacial score (nSPS) is 11.7. The molecule has 0 saturated heterocycles. The maximum absolute atomic E-state index is 4.18. The van der Waals surface area contributed by atoms with Crippen molar-refractivity contribution in [3.63, 3.8) is 0 Å². The summed E-state index contributed by atoms with van der Waals surface area (Å²) < 4.78 is 2.24. The number of hydrogen-bond acceptors (Lipinski definition) is 0. The largest absolute Gasteiger partial charge is 0.0622 e. The molecule has 0 spiro atoms. The second-order valence-electron chi connectivity index (χ2n) is 11.8. The van der Waals surface area contributed by atoms with E-state index in [0.29, 0.717) is 0 Å². The van der Waals surface area contributed by atoms with Crippen molar-refractivity contribution in [2.45, 2.75) is 0 Å². The second kappa shape index (κ2) is 10.9. The minimum atomic E-state index is 1.12. The molecule has 9 aromatic rings. The molecule has 46 heavy (non-hydrogen) atoms. The lowest BCUT2D eigenvalue weighted by Gasteiger charge is -2.25. The molecule has 0 saturated carbocycles. The summed E-state index contributed by atoms with van der Waals surface area (Å²) in [5.74, 6) is 0. The molecule has 9 rings (SSSR count). The molecular formula is C44H26Br2. The Balaban J connectivity index is 1.62. The maximum Gasteiger partial charge on any atom is 0.0339 e. The first-order valence-electron chi connectivity index (χ1n) is 15.5. The first-order chi connectivity index (χ1) is 22.7. The van der Waals surface area contributed by atoms with Gasteiger partial charge in [0, 0.05) is 20.1 Å². The first kappa shape index (κ1) is 27.5. The Labute approximate surface area is 284 Å². The van der Waals surface area contributed by atoms with Crippen molar-refractivity contribution in [2.75, 3.05) is 0 Å². The van der Waals surface area contributed by atoms with Gasteiger partial charge in [0.25, 0.3) is 0 Å².